The third-order valence-corrected chi connectivity index (χ3v) is 2.70. The zero-order chi connectivity index (χ0) is 13.2. The van der Waals surface area contributed by atoms with Crippen LogP contribution in [0.5, 0.6) is 0 Å². The summed E-state index contributed by atoms with van der Waals surface area (Å²) in [5.41, 5.74) is 7.59. The molecule has 0 aliphatic rings. The Morgan fingerprint density at radius 3 is 3.05 bits per heavy atom. The van der Waals surface area contributed by atoms with Gasteiger partial charge in [0.2, 0.25) is 0 Å². The van der Waals surface area contributed by atoms with Gasteiger partial charge >= 0.3 is 5.69 Å². The lowest BCUT2D eigenvalue weighted by molar-refractivity contribution is 0.875. The number of hydrogen-bond donors (Lipinski definition) is 3. The summed E-state index contributed by atoms with van der Waals surface area (Å²) >= 11 is 0. The predicted molar refractivity (Wildman–Crippen MR) is 71.8 cm³/mol. The molecule has 7 nitrogen and oxygen atoms in total. The van der Waals surface area contributed by atoms with Crippen LogP contribution in [0.25, 0.3) is 5.65 Å². The summed E-state index contributed by atoms with van der Waals surface area (Å²) in [6.07, 6.45) is 0. The van der Waals surface area contributed by atoms with Crippen molar-refractivity contribution in [3.63, 3.8) is 0 Å². The van der Waals surface area contributed by atoms with Gasteiger partial charge in [-0.25, -0.2) is 9.89 Å². The van der Waals surface area contributed by atoms with Gasteiger partial charge in [-0.1, -0.05) is 12.1 Å². The van der Waals surface area contributed by atoms with Gasteiger partial charge in [0.25, 0.3) is 0 Å². The van der Waals surface area contributed by atoms with Gasteiger partial charge in [-0.3, -0.25) is 0 Å². The number of aromatic nitrogens is 4. The Kier molecular flexibility index (Phi) is 2.64. The van der Waals surface area contributed by atoms with Crippen LogP contribution in [-0.4, -0.2) is 19.8 Å². The van der Waals surface area contributed by atoms with Crippen molar-refractivity contribution in [2.45, 2.75) is 6.54 Å². The lowest BCUT2D eigenvalue weighted by atomic mass is 10.2. The number of fused-ring (bicyclic) bond motifs is 1. The molecule has 0 aliphatic carbocycles. The van der Waals surface area contributed by atoms with E-state index in [4.69, 9.17) is 5.73 Å². The smallest absolute Gasteiger partial charge is 0.364 e. The third-order valence-electron chi connectivity index (χ3n) is 2.70. The molecule has 0 bridgehead atoms. The molecule has 0 radical (unpaired) electrons. The summed E-state index contributed by atoms with van der Waals surface area (Å²) in [4.78, 5) is 11.4. The highest BCUT2D eigenvalue weighted by Crippen LogP contribution is 2.09. The van der Waals surface area contributed by atoms with Gasteiger partial charge in [0.05, 0.1) is 0 Å². The number of anilines is 2. The highest BCUT2D eigenvalue weighted by atomic mass is 16.2. The summed E-state index contributed by atoms with van der Waals surface area (Å²) in [6.45, 7) is 0.580. The van der Waals surface area contributed by atoms with Gasteiger partial charge in [0.1, 0.15) is 5.82 Å². The van der Waals surface area contributed by atoms with E-state index in [0.29, 0.717) is 23.7 Å². The molecule has 0 unspecified atom stereocenters. The Labute approximate surface area is 108 Å². The van der Waals surface area contributed by atoms with Crippen molar-refractivity contribution in [2.24, 2.45) is 0 Å². The summed E-state index contributed by atoms with van der Waals surface area (Å²) in [5, 5.41) is 13.4. The van der Waals surface area contributed by atoms with E-state index in [2.05, 4.69) is 20.6 Å². The summed E-state index contributed by atoms with van der Waals surface area (Å²) < 4.78 is 1.21. The third kappa shape index (κ3) is 2.25. The number of nitrogens with one attached hydrogen (secondary N) is 2. The van der Waals surface area contributed by atoms with Crippen LogP contribution in [0.2, 0.25) is 0 Å². The van der Waals surface area contributed by atoms with Crippen molar-refractivity contribution in [1.82, 2.24) is 19.8 Å². The molecule has 0 aliphatic heterocycles. The monoisotopic (exact) mass is 256 g/mol. The average Bonchev–Trinajstić information content (AvgIpc) is 2.78. The van der Waals surface area contributed by atoms with Crippen LogP contribution in [0.3, 0.4) is 0 Å². The number of nitrogens with zero attached hydrogens (tertiary/aromatic N) is 3. The van der Waals surface area contributed by atoms with E-state index in [0.717, 1.165) is 5.56 Å². The molecule has 19 heavy (non-hydrogen) atoms. The van der Waals surface area contributed by atoms with Crippen molar-refractivity contribution < 1.29 is 0 Å². The Hall–Kier alpha value is -2.83. The molecular formula is C12H12N6O. The first-order valence-corrected chi connectivity index (χ1v) is 5.75. The van der Waals surface area contributed by atoms with Crippen LogP contribution in [-0.2, 0) is 6.54 Å². The number of aromatic amines is 1. The molecule has 0 atom stereocenters. The molecule has 0 spiro atoms. The summed E-state index contributed by atoms with van der Waals surface area (Å²) in [6, 6.07) is 11.1. The molecule has 1 aromatic carbocycles. The highest BCUT2D eigenvalue weighted by Gasteiger charge is 2.02. The molecule has 7 heteroatoms. The van der Waals surface area contributed by atoms with Gasteiger partial charge in [0.15, 0.2) is 5.65 Å². The molecular weight excluding hydrogens is 244 g/mol. The van der Waals surface area contributed by atoms with Crippen molar-refractivity contribution in [3.05, 3.63) is 52.4 Å². The van der Waals surface area contributed by atoms with Crippen LogP contribution >= 0.6 is 0 Å². The standard InChI is InChI=1S/C12H12N6O/c13-9-3-1-2-8(6-9)7-14-10-4-5-11-15-16-12(19)18(11)17-10/h1-6H,7,13H2,(H,14,17)(H,16,19). The Bertz CT molecular complexity index is 775. The lowest BCUT2D eigenvalue weighted by Gasteiger charge is -2.06. The van der Waals surface area contributed by atoms with Crippen LogP contribution in [0.4, 0.5) is 11.5 Å². The first-order valence-electron chi connectivity index (χ1n) is 5.75. The maximum atomic E-state index is 11.4. The van der Waals surface area contributed by atoms with E-state index in [9.17, 15) is 4.79 Å². The van der Waals surface area contributed by atoms with Crippen LogP contribution in [0, 0.1) is 0 Å². The summed E-state index contributed by atoms with van der Waals surface area (Å²) in [5.74, 6) is 0.596. The Balaban J connectivity index is 1.81. The molecule has 2 aromatic heterocycles. The van der Waals surface area contributed by atoms with E-state index in [1.807, 2.05) is 24.3 Å². The van der Waals surface area contributed by atoms with Crippen LogP contribution in [0.15, 0.2) is 41.2 Å². The van der Waals surface area contributed by atoms with E-state index in [-0.39, 0.29) is 5.69 Å². The van der Waals surface area contributed by atoms with Crippen molar-refractivity contribution in [3.8, 4) is 0 Å². The van der Waals surface area contributed by atoms with Crippen molar-refractivity contribution in [2.75, 3.05) is 11.1 Å². The second-order valence-corrected chi connectivity index (χ2v) is 4.12. The molecule has 0 saturated heterocycles. The molecule has 0 fully saturated rings. The number of hydrogen-bond acceptors (Lipinski definition) is 5. The zero-order valence-corrected chi connectivity index (χ0v) is 10.00. The maximum absolute atomic E-state index is 11.4. The molecule has 2 heterocycles. The van der Waals surface area contributed by atoms with Crippen LogP contribution in [0.1, 0.15) is 5.56 Å². The SMILES string of the molecule is Nc1cccc(CNc2ccc3n[nH]c(=O)n3n2)c1. The van der Waals surface area contributed by atoms with Gasteiger partial charge in [-0.15, -0.1) is 5.10 Å². The molecule has 0 amide bonds. The molecule has 3 aromatic rings. The van der Waals surface area contributed by atoms with Crippen molar-refractivity contribution in [1.29, 1.82) is 0 Å². The van der Waals surface area contributed by atoms with E-state index in [1.165, 1.54) is 4.52 Å². The van der Waals surface area contributed by atoms with Gasteiger partial charge < -0.3 is 11.1 Å². The van der Waals surface area contributed by atoms with Crippen LogP contribution < -0.4 is 16.7 Å². The number of nitrogens with two attached hydrogens (primary N) is 1. The minimum absolute atomic E-state index is 0.359. The van der Waals surface area contributed by atoms with Gasteiger partial charge in [-0.05, 0) is 29.8 Å². The maximum Gasteiger partial charge on any atom is 0.364 e. The molecule has 96 valence electrons. The second-order valence-electron chi connectivity index (χ2n) is 4.12. The van der Waals surface area contributed by atoms with E-state index < -0.39 is 0 Å². The quantitative estimate of drug-likeness (QED) is 0.596. The van der Waals surface area contributed by atoms with Gasteiger partial charge in [-0.2, -0.15) is 9.61 Å². The van der Waals surface area contributed by atoms with Crippen molar-refractivity contribution >= 4 is 17.2 Å². The topological polar surface area (TPSA) is 101 Å². The largest absolute Gasteiger partial charge is 0.399 e. The second kappa shape index (κ2) is 4.45. The van der Waals surface area contributed by atoms with Gasteiger partial charge in [0, 0.05) is 12.2 Å². The molecule has 3 rings (SSSR count). The fraction of sp³-hybridized carbons (Fsp3) is 0.0833. The normalized spacial score (nSPS) is 10.7. The number of H-pyrrole nitrogens is 1. The van der Waals surface area contributed by atoms with E-state index >= 15 is 0 Å². The zero-order valence-electron chi connectivity index (χ0n) is 10.00. The number of nitrogen functional groups attached to an aromatic ring is 1. The minimum atomic E-state index is -0.359. The molecule has 4 N–H and O–H groups in total. The predicted octanol–water partition coefficient (Wildman–Crippen LogP) is 0.612. The van der Waals surface area contributed by atoms with E-state index in [1.54, 1.807) is 12.1 Å². The molecule has 0 saturated carbocycles. The Morgan fingerprint density at radius 2 is 2.21 bits per heavy atom. The first kappa shape index (κ1) is 11.3. The number of benzene rings is 1. The summed E-state index contributed by atoms with van der Waals surface area (Å²) in [7, 11) is 0. The lowest BCUT2D eigenvalue weighted by Crippen LogP contribution is -2.14. The minimum Gasteiger partial charge on any atom is -0.399 e. The Morgan fingerprint density at radius 1 is 1.32 bits per heavy atom. The highest BCUT2D eigenvalue weighted by molar-refractivity contribution is 5.45. The fourth-order valence-electron chi connectivity index (χ4n) is 1.79. The number of rotatable bonds is 3. The average molecular weight is 256 g/mol. The first-order chi connectivity index (χ1) is 9.22. The fourth-order valence-corrected chi connectivity index (χ4v) is 1.79.